The van der Waals surface area contributed by atoms with Gasteiger partial charge in [-0.25, -0.2) is 4.98 Å². The molecule has 98 valence electrons. The van der Waals surface area contributed by atoms with E-state index in [1.165, 1.54) is 0 Å². The van der Waals surface area contributed by atoms with Crippen LogP contribution in [0, 0.1) is 0 Å². The van der Waals surface area contributed by atoms with E-state index in [4.69, 9.17) is 5.73 Å². The number of benzene rings is 1. The number of aromatic nitrogens is 2. The van der Waals surface area contributed by atoms with E-state index >= 15 is 0 Å². The zero-order valence-corrected chi connectivity index (χ0v) is 11.7. The lowest BCUT2D eigenvalue weighted by Gasteiger charge is -2.11. The maximum Gasteiger partial charge on any atom is 0.230 e. The van der Waals surface area contributed by atoms with E-state index < -0.39 is 0 Å². The van der Waals surface area contributed by atoms with E-state index in [1.54, 1.807) is 11.1 Å². The van der Waals surface area contributed by atoms with E-state index in [0.29, 0.717) is 18.9 Å². The van der Waals surface area contributed by atoms with Gasteiger partial charge in [0.15, 0.2) is 0 Å². The third-order valence-electron chi connectivity index (χ3n) is 3.13. The van der Waals surface area contributed by atoms with Crippen LogP contribution in [0.4, 0.5) is 5.95 Å². The summed E-state index contributed by atoms with van der Waals surface area (Å²) in [6, 6.07) is 7.80. The molecule has 0 radical (unpaired) electrons. The average molecular weight is 321 g/mol. The number of carbonyl (C=O) groups is 1. The smallest absolute Gasteiger partial charge is 0.230 e. The maximum absolute atomic E-state index is 11.8. The zero-order valence-electron chi connectivity index (χ0n) is 10.1. The predicted octanol–water partition coefficient (Wildman–Crippen LogP) is 1.90. The third-order valence-corrected chi connectivity index (χ3v) is 3.66. The number of nitrogens with zero attached hydrogens (tertiary/aromatic N) is 2. The van der Waals surface area contributed by atoms with Gasteiger partial charge < -0.3 is 10.7 Å². The van der Waals surface area contributed by atoms with Crippen molar-refractivity contribution in [2.75, 3.05) is 11.4 Å². The minimum absolute atomic E-state index is 0.0178. The number of halogens is 1. The number of carbonyl (C=O) groups excluding carboxylic acids is 1. The lowest BCUT2D eigenvalue weighted by atomic mass is 10.2. The first-order valence-electron chi connectivity index (χ1n) is 6.00. The molecule has 0 spiro atoms. The van der Waals surface area contributed by atoms with Crippen molar-refractivity contribution in [1.29, 1.82) is 0 Å². The Labute approximate surface area is 119 Å². The Morgan fingerprint density at radius 1 is 1.37 bits per heavy atom. The van der Waals surface area contributed by atoms with Crippen molar-refractivity contribution in [3.63, 3.8) is 0 Å². The van der Waals surface area contributed by atoms with Gasteiger partial charge in [0.2, 0.25) is 11.9 Å². The van der Waals surface area contributed by atoms with Crippen LogP contribution in [0.2, 0.25) is 0 Å². The molecule has 5 nitrogen and oxygen atoms in total. The number of imidazole rings is 1. The molecule has 1 fully saturated rings. The summed E-state index contributed by atoms with van der Waals surface area (Å²) in [6.07, 6.45) is 2.12. The molecule has 1 atom stereocenters. The van der Waals surface area contributed by atoms with Crippen LogP contribution >= 0.6 is 15.9 Å². The molecule has 0 aliphatic carbocycles. The summed E-state index contributed by atoms with van der Waals surface area (Å²) < 4.78 is 1.02. The van der Waals surface area contributed by atoms with Gasteiger partial charge in [0.1, 0.15) is 0 Å². The highest BCUT2D eigenvalue weighted by atomic mass is 79.9. The fourth-order valence-electron chi connectivity index (χ4n) is 2.16. The van der Waals surface area contributed by atoms with Crippen LogP contribution in [0.5, 0.6) is 0 Å². The molecule has 1 aromatic heterocycles. The van der Waals surface area contributed by atoms with Crippen molar-refractivity contribution in [3.05, 3.63) is 34.9 Å². The minimum Gasteiger partial charge on any atom is -0.326 e. The molecule has 3 rings (SSSR count). The van der Waals surface area contributed by atoms with Crippen molar-refractivity contribution < 1.29 is 4.79 Å². The number of amides is 1. The van der Waals surface area contributed by atoms with Crippen LogP contribution in [0.25, 0.3) is 11.3 Å². The second kappa shape index (κ2) is 4.79. The van der Waals surface area contributed by atoms with Gasteiger partial charge in [-0.15, -0.1) is 0 Å². The Hall–Kier alpha value is -1.66. The second-order valence-corrected chi connectivity index (χ2v) is 5.51. The first kappa shape index (κ1) is 12.4. The van der Waals surface area contributed by atoms with Crippen LogP contribution in [0.15, 0.2) is 34.9 Å². The molecule has 19 heavy (non-hydrogen) atoms. The summed E-state index contributed by atoms with van der Waals surface area (Å²) >= 11 is 3.40. The molecule has 1 amide bonds. The highest BCUT2D eigenvalue weighted by molar-refractivity contribution is 9.10. The predicted molar refractivity (Wildman–Crippen MR) is 76.7 cm³/mol. The minimum atomic E-state index is -0.103. The van der Waals surface area contributed by atoms with Gasteiger partial charge in [-0.05, 0) is 17.7 Å². The SMILES string of the molecule is NC1CC(=O)N(c2ncc(-c3ccc(Br)cc3)[nH]2)C1. The summed E-state index contributed by atoms with van der Waals surface area (Å²) in [5, 5.41) is 0. The molecule has 2 aromatic rings. The molecule has 3 N–H and O–H groups in total. The van der Waals surface area contributed by atoms with E-state index in [0.717, 1.165) is 15.7 Å². The Kier molecular flexibility index (Phi) is 3.12. The number of nitrogens with two attached hydrogens (primary N) is 1. The van der Waals surface area contributed by atoms with Crippen LogP contribution in [-0.2, 0) is 4.79 Å². The van der Waals surface area contributed by atoms with Crippen molar-refractivity contribution in [1.82, 2.24) is 9.97 Å². The Morgan fingerprint density at radius 2 is 2.11 bits per heavy atom. The first-order valence-corrected chi connectivity index (χ1v) is 6.79. The number of hydrogen-bond acceptors (Lipinski definition) is 3. The molecule has 1 aliphatic heterocycles. The maximum atomic E-state index is 11.8. The highest BCUT2D eigenvalue weighted by Crippen LogP contribution is 2.24. The van der Waals surface area contributed by atoms with Gasteiger partial charge in [0.25, 0.3) is 0 Å². The molecule has 1 aromatic carbocycles. The number of H-pyrrole nitrogens is 1. The molecule has 0 saturated carbocycles. The van der Waals surface area contributed by atoms with Gasteiger partial charge >= 0.3 is 0 Å². The Morgan fingerprint density at radius 3 is 2.74 bits per heavy atom. The topological polar surface area (TPSA) is 75.0 Å². The van der Waals surface area contributed by atoms with Crippen LogP contribution < -0.4 is 10.6 Å². The quantitative estimate of drug-likeness (QED) is 0.887. The molecular formula is C13H13BrN4O. The highest BCUT2D eigenvalue weighted by Gasteiger charge is 2.29. The lowest BCUT2D eigenvalue weighted by Crippen LogP contribution is -2.28. The van der Waals surface area contributed by atoms with Crippen molar-refractivity contribution in [2.45, 2.75) is 12.5 Å². The van der Waals surface area contributed by atoms with Crippen molar-refractivity contribution >= 4 is 27.8 Å². The summed E-state index contributed by atoms with van der Waals surface area (Å²) in [7, 11) is 0. The van der Waals surface area contributed by atoms with Crippen molar-refractivity contribution in [2.24, 2.45) is 5.73 Å². The first-order chi connectivity index (χ1) is 9.13. The van der Waals surface area contributed by atoms with Crippen LogP contribution in [0.3, 0.4) is 0 Å². The Bertz CT molecular complexity index is 607. The van der Waals surface area contributed by atoms with Gasteiger partial charge in [-0.3, -0.25) is 9.69 Å². The van der Waals surface area contributed by atoms with Gasteiger partial charge in [-0.2, -0.15) is 0 Å². The van der Waals surface area contributed by atoms with Gasteiger partial charge in [0.05, 0.1) is 11.9 Å². The number of anilines is 1. The van der Waals surface area contributed by atoms with E-state index in [9.17, 15) is 4.79 Å². The third kappa shape index (κ3) is 2.41. The molecular weight excluding hydrogens is 308 g/mol. The molecule has 2 heterocycles. The fraction of sp³-hybridized carbons (Fsp3) is 0.231. The van der Waals surface area contributed by atoms with E-state index in [-0.39, 0.29) is 11.9 Å². The zero-order chi connectivity index (χ0) is 13.4. The number of hydrogen-bond donors (Lipinski definition) is 2. The summed E-state index contributed by atoms with van der Waals surface area (Å²) in [4.78, 5) is 20.8. The second-order valence-electron chi connectivity index (χ2n) is 4.60. The number of rotatable bonds is 2. The fourth-order valence-corrected chi connectivity index (χ4v) is 2.43. The lowest BCUT2D eigenvalue weighted by molar-refractivity contribution is -0.117. The molecule has 0 bridgehead atoms. The number of aromatic amines is 1. The van der Waals surface area contributed by atoms with E-state index in [1.807, 2.05) is 24.3 Å². The summed E-state index contributed by atoms with van der Waals surface area (Å²) in [5.41, 5.74) is 7.69. The summed E-state index contributed by atoms with van der Waals surface area (Å²) in [6.45, 7) is 0.520. The molecule has 1 aliphatic rings. The van der Waals surface area contributed by atoms with Crippen LogP contribution in [0.1, 0.15) is 6.42 Å². The monoisotopic (exact) mass is 320 g/mol. The number of nitrogens with one attached hydrogen (secondary N) is 1. The van der Waals surface area contributed by atoms with E-state index in [2.05, 4.69) is 25.9 Å². The van der Waals surface area contributed by atoms with Crippen molar-refractivity contribution in [3.8, 4) is 11.3 Å². The van der Waals surface area contributed by atoms with Gasteiger partial charge in [-0.1, -0.05) is 28.1 Å². The normalized spacial score (nSPS) is 19.2. The molecule has 1 saturated heterocycles. The summed E-state index contributed by atoms with van der Waals surface area (Å²) in [5.74, 6) is 0.583. The average Bonchev–Trinajstić information content (AvgIpc) is 2.97. The molecule has 6 heteroatoms. The van der Waals surface area contributed by atoms with Gasteiger partial charge in [0, 0.05) is 23.5 Å². The molecule has 1 unspecified atom stereocenters. The largest absolute Gasteiger partial charge is 0.326 e. The standard InChI is InChI=1S/C13H13BrN4O/c14-9-3-1-8(2-4-9)11-6-16-13(17-11)18-7-10(15)5-12(18)19/h1-4,6,10H,5,7,15H2,(H,16,17). The Balaban J connectivity index is 1.87. The van der Waals surface area contributed by atoms with Crippen LogP contribution in [-0.4, -0.2) is 28.5 Å².